The summed E-state index contributed by atoms with van der Waals surface area (Å²) in [5, 5.41) is 1.92. The lowest BCUT2D eigenvalue weighted by Crippen LogP contribution is -2.02. The Kier molecular flexibility index (Phi) is 5.75. The summed E-state index contributed by atoms with van der Waals surface area (Å²) < 4.78 is 0.946. The smallest absolute Gasteiger partial charge is 0.127 e. The predicted octanol–water partition coefficient (Wildman–Crippen LogP) is 4.25. The highest BCUT2D eigenvalue weighted by Gasteiger charge is 2.16. The van der Waals surface area contributed by atoms with Crippen LogP contribution in [0, 0.1) is 6.92 Å². The first-order chi connectivity index (χ1) is 12.6. The third-order valence-electron chi connectivity index (χ3n) is 3.53. The van der Waals surface area contributed by atoms with Gasteiger partial charge in [0.15, 0.2) is 0 Å². The molecule has 132 valence electrons. The van der Waals surface area contributed by atoms with Crippen LogP contribution in [-0.4, -0.2) is 19.9 Å². The maximum atomic E-state index is 6.32. The molecule has 0 aliphatic rings. The number of aromatic nitrogens is 4. The van der Waals surface area contributed by atoms with Crippen molar-refractivity contribution in [3.63, 3.8) is 0 Å². The third-order valence-corrected chi connectivity index (χ3v) is 5.25. The molecule has 0 bridgehead atoms. The highest BCUT2D eigenvalue weighted by molar-refractivity contribution is 7.22. The molecule has 0 saturated carbocycles. The van der Waals surface area contributed by atoms with Crippen molar-refractivity contribution in [1.29, 1.82) is 0 Å². The lowest BCUT2D eigenvalue weighted by Gasteiger charge is -2.02. The minimum atomic E-state index is 0.578. The van der Waals surface area contributed by atoms with Gasteiger partial charge in [0.1, 0.15) is 17.0 Å². The van der Waals surface area contributed by atoms with Gasteiger partial charge in [-0.15, -0.1) is 11.3 Å². The second-order valence-electron chi connectivity index (χ2n) is 5.17. The van der Waals surface area contributed by atoms with Crippen LogP contribution >= 0.6 is 34.5 Å². The number of aryl methyl sites for hydroxylation is 1. The Balaban J connectivity index is 0.000000948. The molecule has 4 rings (SSSR count). The molecule has 0 radical (unpaired) electrons. The Morgan fingerprint density at radius 1 is 1.00 bits per heavy atom. The van der Waals surface area contributed by atoms with E-state index in [4.69, 9.17) is 23.2 Å². The lowest BCUT2D eigenvalue weighted by molar-refractivity contribution is 1.10. The first-order valence-electron chi connectivity index (χ1n) is 7.46. The Labute approximate surface area is 163 Å². The number of halogens is 2. The number of thiazole rings is 1. The third kappa shape index (κ3) is 3.53. The molecule has 0 spiro atoms. The van der Waals surface area contributed by atoms with Gasteiger partial charge in [-0.3, -0.25) is 16.7 Å². The summed E-state index contributed by atoms with van der Waals surface area (Å²) in [6.07, 6.45) is 3.27. The standard InChI is InChI=1S/C17H10Cl2N4S.H4N2/c1-9-7-13(22-8-21-9)15-16-12(5-6-20-15)23-17(24-16)14-10(18)3-2-4-11(14)19;1-2/h2-8H,1H3;1-2H2. The number of hydrazine groups is 1. The number of nitrogens with two attached hydrogens (primary N) is 2. The highest BCUT2D eigenvalue weighted by Crippen LogP contribution is 2.40. The fourth-order valence-electron chi connectivity index (χ4n) is 2.43. The van der Waals surface area contributed by atoms with Gasteiger partial charge in [-0.1, -0.05) is 29.3 Å². The molecular formula is C17H14Cl2N6S. The molecule has 0 atom stereocenters. The normalized spacial score (nSPS) is 10.5. The summed E-state index contributed by atoms with van der Waals surface area (Å²) in [4.78, 5) is 17.6. The first kappa shape index (κ1) is 18.6. The SMILES string of the molecule is Cc1cc(-c2nccc3nc(-c4c(Cl)cccc4Cl)sc23)ncn1.NN. The van der Waals surface area contributed by atoms with Gasteiger partial charge in [0.05, 0.1) is 26.0 Å². The molecule has 26 heavy (non-hydrogen) atoms. The topological polar surface area (TPSA) is 104 Å². The van der Waals surface area contributed by atoms with Crippen LogP contribution in [0.15, 0.2) is 42.9 Å². The maximum Gasteiger partial charge on any atom is 0.127 e. The molecular weight excluding hydrogens is 391 g/mol. The Hall–Kier alpha value is -2.16. The molecule has 4 N–H and O–H groups in total. The fraction of sp³-hybridized carbons (Fsp3) is 0.0588. The number of fused-ring (bicyclic) bond motifs is 1. The van der Waals surface area contributed by atoms with E-state index in [0.717, 1.165) is 37.9 Å². The highest BCUT2D eigenvalue weighted by atomic mass is 35.5. The maximum absolute atomic E-state index is 6.32. The molecule has 0 amide bonds. The molecule has 3 heterocycles. The van der Waals surface area contributed by atoms with Crippen molar-refractivity contribution in [3.05, 3.63) is 58.6 Å². The fourth-order valence-corrected chi connectivity index (χ4v) is 4.25. The number of nitrogens with zero attached hydrogens (tertiary/aromatic N) is 4. The molecule has 3 aromatic heterocycles. The van der Waals surface area contributed by atoms with Crippen LogP contribution in [0.25, 0.3) is 32.2 Å². The second kappa shape index (κ2) is 8.03. The number of pyridine rings is 1. The van der Waals surface area contributed by atoms with Gasteiger partial charge >= 0.3 is 0 Å². The van der Waals surface area contributed by atoms with E-state index in [1.807, 2.05) is 37.3 Å². The zero-order valence-corrected chi connectivity index (χ0v) is 16.0. The second-order valence-corrected chi connectivity index (χ2v) is 6.98. The number of rotatable bonds is 2. The van der Waals surface area contributed by atoms with Gasteiger partial charge in [-0.2, -0.15) is 0 Å². The largest absolute Gasteiger partial charge is 0.274 e. The quantitative estimate of drug-likeness (QED) is 0.382. The molecule has 6 nitrogen and oxygen atoms in total. The van der Waals surface area contributed by atoms with Gasteiger partial charge in [0.2, 0.25) is 0 Å². The van der Waals surface area contributed by atoms with E-state index < -0.39 is 0 Å². The van der Waals surface area contributed by atoms with E-state index in [1.165, 1.54) is 17.7 Å². The van der Waals surface area contributed by atoms with Crippen LogP contribution in [0.4, 0.5) is 0 Å². The molecule has 4 aromatic rings. The summed E-state index contributed by atoms with van der Waals surface area (Å²) in [7, 11) is 0. The molecule has 0 aliphatic carbocycles. The number of hydrogen-bond acceptors (Lipinski definition) is 7. The summed E-state index contributed by atoms with van der Waals surface area (Å²) in [5.74, 6) is 8.00. The van der Waals surface area contributed by atoms with E-state index in [1.54, 1.807) is 6.20 Å². The Morgan fingerprint density at radius 2 is 1.73 bits per heavy atom. The molecule has 9 heteroatoms. The predicted molar refractivity (Wildman–Crippen MR) is 107 cm³/mol. The molecule has 1 aromatic carbocycles. The summed E-state index contributed by atoms with van der Waals surface area (Å²) >= 11 is 14.1. The molecule has 0 aliphatic heterocycles. The minimum absolute atomic E-state index is 0.578. The van der Waals surface area contributed by atoms with Crippen LogP contribution in [0.1, 0.15) is 5.69 Å². The Bertz CT molecular complexity index is 1050. The zero-order valence-electron chi connectivity index (χ0n) is 13.6. The van der Waals surface area contributed by atoms with Crippen molar-refractivity contribution in [1.82, 2.24) is 19.9 Å². The summed E-state index contributed by atoms with van der Waals surface area (Å²) in [6, 6.07) is 9.21. The average Bonchev–Trinajstić information content (AvgIpc) is 3.07. The van der Waals surface area contributed by atoms with E-state index in [2.05, 4.69) is 31.6 Å². The van der Waals surface area contributed by atoms with E-state index >= 15 is 0 Å². The van der Waals surface area contributed by atoms with Crippen LogP contribution in [0.3, 0.4) is 0 Å². The van der Waals surface area contributed by atoms with Crippen LogP contribution in [-0.2, 0) is 0 Å². The minimum Gasteiger partial charge on any atom is -0.274 e. The number of benzene rings is 1. The first-order valence-corrected chi connectivity index (χ1v) is 9.03. The van der Waals surface area contributed by atoms with Crippen molar-refractivity contribution in [2.75, 3.05) is 0 Å². The van der Waals surface area contributed by atoms with Gasteiger partial charge < -0.3 is 0 Å². The zero-order chi connectivity index (χ0) is 18.7. The lowest BCUT2D eigenvalue weighted by atomic mass is 10.2. The monoisotopic (exact) mass is 404 g/mol. The summed E-state index contributed by atoms with van der Waals surface area (Å²) in [5.41, 5.74) is 4.02. The van der Waals surface area contributed by atoms with Crippen LogP contribution < -0.4 is 11.7 Å². The van der Waals surface area contributed by atoms with Gasteiger partial charge in [-0.05, 0) is 31.2 Å². The van der Waals surface area contributed by atoms with Gasteiger partial charge in [0, 0.05) is 17.5 Å². The van der Waals surface area contributed by atoms with Crippen molar-refractivity contribution in [3.8, 4) is 22.0 Å². The van der Waals surface area contributed by atoms with Crippen LogP contribution in [0.5, 0.6) is 0 Å². The van der Waals surface area contributed by atoms with Crippen molar-refractivity contribution in [2.45, 2.75) is 6.92 Å². The molecule has 0 saturated heterocycles. The summed E-state index contributed by atoms with van der Waals surface area (Å²) in [6.45, 7) is 1.92. The van der Waals surface area contributed by atoms with E-state index in [-0.39, 0.29) is 0 Å². The average molecular weight is 405 g/mol. The molecule has 0 unspecified atom stereocenters. The van der Waals surface area contributed by atoms with Crippen molar-refractivity contribution < 1.29 is 0 Å². The van der Waals surface area contributed by atoms with Crippen molar-refractivity contribution in [2.24, 2.45) is 11.7 Å². The van der Waals surface area contributed by atoms with E-state index in [0.29, 0.717) is 10.0 Å². The molecule has 0 fully saturated rings. The van der Waals surface area contributed by atoms with Gasteiger partial charge in [-0.25, -0.2) is 15.0 Å². The van der Waals surface area contributed by atoms with Gasteiger partial charge in [0.25, 0.3) is 0 Å². The van der Waals surface area contributed by atoms with Crippen LogP contribution in [0.2, 0.25) is 10.0 Å². The Morgan fingerprint density at radius 3 is 2.42 bits per heavy atom. The van der Waals surface area contributed by atoms with Crippen molar-refractivity contribution >= 4 is 44.8 Å². The number of hydrogen-bond donors (Lipinski definition) is 2. The van der Waals surface area contributed by atoms with E-state index in [9.17, 15) is 0 Å².